The smallest absolute Gasteiger partial charge is 0.319 e. The summed E-state index contributed by atoms with van der Waals surface area (Å²) in [7, 11) is 1.37. The number of methoxy groups -OCH3 is 1. The fourth-order valence-electron chi connectivity index (χ4n) is 1.28. The maximum atomic E-state index is 10.9. The van der Waals surface area contributed by atoms with Crippen molar-refractivity contribution in [2.24, 2.45) is 0 Å². The van der Waals surface area contributed by atoms with Crippen LogP contribution in [0.1, 0.15) is 0 Å². The Morgan fingerprint density at radius 1 is 1.77 bits per heavy atom. The molecule has 5 nitrogen and oxygen atoms in total. The maximum absolute atomic E-state index is 10.9. The highest BCUT2D eigenvalue weighted by Crippen LogP contribution is 2.03. The lowest BCUT2D eigenvalue weighted by Gasteiger charge is -2.30. The summed E-state index contributed by atoms with van der Waals surface area (Å²) in [6.45, 7) is 2.13. The molecule has 0 aromatic carbocycles. The van der Waals surface area contributed by atoms with Gasteiger partial charge in [0.25, 0.3) is 0 Å². The van der Waals surface area contributed by atoms with E-state index in [4.69, 9.17) is 9.84 Å². The van der Waals surface area contributed by atoms with Gasteiger partial charge < -0.3 is 14.6 Å². The summed E-state index contributed by atoms with van der Waals surface area (Å²) in [5, 5.41) is 8.83. The van der Waals surface area contributed by atoms with Gasteiger partial charge in [0.05, 0.1) is 33.0 Å². The number of rotatable bonds is 3. The zero-order valence-electron chi connectivity index (χ0n) is 7.73. The van der Waals surface area contributed by atoms with Gasteiger partial charge in [-0.25, -0.2) is 0 Å². The third kappa shape index (κ3) is 3.30. The molecule has 1 unspecified atom stereocenters. The number of hydrogen-bond acceptors (Lipinski definition) is 5. The van der Waals surface area contributed by atoms with Gasteiger partial charge in [-0.2, -0.15) is 0 Å². The fraction of sp³-hybridized carbons (Fsp3) is 0.875. The number of nitrogens with zero attached hydrogens (tertiary/aromatic N) is 1. The summed E-state index contributed by atoms with van der Waals surface area (Å²) in [6, 6.07) is 0. The second-order valence-electron chi connectivity index (χ2n) is 2.99. The number of morpholine rings is 1. The Labute approximate surface area is 77.2 Å². The zero-order chi connectivity index (χ0) is 9.68. The SMILES string of the molecule is COC(=O)CN1CCOC(CO)C1. The van der Waals surface area contributed by atoms with Crippen LogP contribution in [0.3, 0.4) is 0 Å². The number of hydrogen-bond donors (Lipinski definition) is 1. The third-order valence-electron chi connectivity index (χ3n) is 2.01. The van der Waals surface area contributed by atoms with E-state index in [-0.39, 0.29) is 25.2 Å². The summed E-state index contributed by atoms with van der Waals surface area (Å²) in [5.41, 5.74) is 0. The average molecular weight is 189 g/mol. The highest BCUT2D eigenvalue weighted by atomic mass is 16.5. The summed E-state index contributed by atoms with van der Waals surface area (Å²) in [4.78, 5) is 12.8. The first-order chi connectivity index (χ1) is 6.26. The molecule has 0 radical (unpaired) electrons. The van der Waals surface area contributed by atoms with Gasteiger partial charge in [0, 0.05) is 13.1 Å². The van der Waals surface area contributed by atoms with Gasteiger partial charge in [-0.15, -0.1) is 0 Å². The zero-order valence-corrected chi connectivity index (χ0v) is 7.73. The van der Waals surface area contributed by atoms with E-state index in [2.05, 4.69) is 4.74 Å². The summed E-state index contributed by atoms with van der Waals surface area (Å²) < 4.78 is 9.77. The lowest BCUT2D eigenvalue weighted by molar-refractivity contribution is -0.144. The predicted octanol–water partition coefficient (Wildman–Crippen LogP) is -1.15. The topological polar surface area (TPSA) is 59.0 Å². The van der Waals surface area contributed by atoms with Crippen LogP contribution in [0.25, 0.3) is 0 Å². The normalized spacial score (nSPS) is 24.3. The molecule has 0 amide bonds. The van der Waals surface area contributed by atoms with Gasteiger partial charge in [-0.1, -0.05) is 0 Å². The van der Waals surface area contributed by atoms with Crippen LogP contribution in [-0.2, 0) is 14.3 Å². The van der Waals surface area contributed by atoms with Crippen LogP contribution in [-0.4, -0.2) is 62.0 Å². The van der Waals surface area contributed by atoms with E-state index in [1.165, 1.54) is 7.11 Å². The molecule has 1 rings (SSSR count). The highest BCUT2D eigenvalue weighted by Gasteiger charge is 2.21. The fourth-order valence-corrected chi connectivity index (χ4v) is 1.28. The van der Waals surface area contributed by atoms with Crippen LogP contribution in [0.4, 0.5) is 0 Å². The van der Waals surface area contributed by atoms with Crippen LogP contribution >= 0.6 is 0 Å². The summed E-state index contributed by atoms with van der Waals surface area (Å²) in [6.07, 6.45) is -0.168. The van der Waals surface area contributed by atoms with Crippen LogP contribution < -0.4 is 0 Å². The minimum absolute atomic E-state index is 0.00231. The highest BCUT2D eigenvalue weighted by molar-refractivity contribution is 5.71. The molecule has 0 saturated carbocycles. The molecule has 0 aromatic heterocycles. The molecular formula is C8H15NO4. The van der Waals surface area contributed by atoms with Crippen molar-refractivity contribution in [2.75, 3.05) is 40.0 Å². The first-order valence-electron chi connectivity index (χ1n) is 4.28. The minimum Gasteiger partial charge on any atom is -0.468 e. The number of ether oxygens (including phenoxy) is 2. The molecule has 13 heavy (non-hydrogen) atoms. The number of esters is 1. The first-order valence-corrected chi connectivity index (χ1v) is 4.28. The summed E-state index contributed by atoms with van der Waals surface area (Å²) >= 11 is 0. The summed E-state index contributed by atoms with van der Waals surface area (Å²) in [5.74, 6) is -0.251. The van der Waals surface area contributed by atoms with Crippen LogP contribution in [0, 0.1) is 0 Å². The molecule has 0 spiro atoms. The molecule has 1 saturated heterocycles. The van der Waals surface area contributed by atoms with Crippen molar-refractivity contribution >= 4 is 5.97 Å². The monoisotopic (exact) mass is 189 g/mol. The van der Waals surface area contributed by atoms with E-state index in [9.17, 15) is 4.79 Å². The molecule has 1 N–H and O–H groups in total. The molecule has 1 aliphatic heterocycles. The Kier molecular flexibility index (Phi) is 4.14. The van der Waals surface area contributed by atoms with Crippen molar-refractivity contribution < 1.29 is 19.4 Å². The Bertz CT molecular complexity index is 174. The van der Waals surface area contributed by atoms with E-state index >= 15 is 0 Å². The van der Waals surface area contributed by atoms with E-state index in [0.29, 0.717) is 19.7 Å². The van der Waals surface area contributed by atoms with E-state index in [1.54, 1.807) is 0 Å². The van der Waals surface area contributed by atoms with Gasteiger partial charge in [-0.3, -0.25) is 9.69 Å². The van der Waals surface area contributed by atoms with Gasteiger partial charge >= 0.3 is 5.97 Å². The molecule has 1 aliphatic rings. The minimum atomic E-state index is -0.251. The average Bonchev–Trinajstić information content (AvgIpc) is 2.18. The van der Waals surface area contributed by atoms with Crippen molar-refractivity contribution in [1.82, 2.24) is 4.90 Å². The number of aliphatic hydroxyl groups is 1. The van der Waals surface area contributed by atoms with Gasteiger partial charge in [0.15, 0.2) is 0 Å². The third-order valence-corrected chi connectivity index (χ3v) is 2.01. The molecule has 0 aliphatic carbocycles. The maximum Gasteiger partial charge on any atom is 0.319 e. The van der Waals surface area contributed by atoms with Crippen molar-refractivity contribution in [3.8, 4) is 0 Å². The first kappa shape index (κ1) is 10.4. The lowest BCUT2D eigenvalue weighted by Crippen LogP contribution is -2.46. The second-order valence-corrected chi connectivity index (χ2v) is 2.99. The molecule has 76 valence electrons. The van der Waals surface area contributed by atoms with E-state index in [1.807, 2.05) is 4.90 Å². The Hall–Kier alpha value is -0.650. The van der Waals surface area contributed by atoms with E-state index in [0.717, 1.165) is 0 Å². The molecule has 1 fully saturated rings. The number of carbonyl (C=O) groups is 1. The molecule has 1 heterocycles. The molecular weight excluding hydrogens is 174 g/mol. The van der Waals surface area contributed by atoms with Crippen molar-refractivity contribution in [3.63, 3.8) is 0 Å². The molecule has 1 atom stereocenters. The van der Waals surface area contributed by atoms with Crippen molar-refractivity contribution in [3.05, 3.63) is 0 Å². The number of carbonyl (C=O) groups excluding carboxylic acids is 1. The van der Waals surface area contributed by atoms with Crippen LogP contribution in [0.5, 0.6) is 0 Å². The van der Waals surface area contributed by atoms with Gasteiger partial charge in [0.2, 0.25) is 0 Å². The Morgan fingerprint density at radius 2 is 2.54 bits per heavy atom. The van der Waals surface area contributed by atoms with Crippen molar-refractivity contribution in [2.45, 2.75) is 6.10 Å². The van der Waals surface area contributed by atoms with E-state index < -0.39 is 0 Å². The quantitative estimate of drug-likeness (QED) is 0.568. The number of aliphatic hydroxyl groups excluding tert-OH is 1. The Balaban J connectivity index is 2.29. The van der Waals surface area contributed by atoms with Crippen LogP contribution in [0.2, 0.25) is 0 Å². The van der Waals surface area contributed by atoms with Crippen molar-refractivity contribution in [1.29, 1.82) is 0 Å². The van der Waals surface area contributed by atoms with Gasteiger partial charge in [-0.05, 0) is 0 Å². The van der Waals surface area contributed by atoms with Gasteiger partial charge in [0.1, 0.15) is 0 Å². The lowest BCUT2D eigenvalue weighted by atomic mass is 10.3. The standard InChI is InChI=1S/C8H15NO4/c1-12-8(11)5-9-2-3-13-7(4-9)6-10/h7,10H,2-6H2,1H3. The van der Waals surface area contributed by atoms with Crippen LogP contribution in [0.15, 0.2) is 0 Å². The Morgan fingerprint density at radius 3 is 3.15 bits per heavy atom. The molecule has 0 aromatic rings. The predicted molar refractivity (Wildman–Crippen MR) is 45.3 cm³/mol. The molecule has 5 heteroatoms. The second kappa shape index (κ2) is 5.16. The molecule has 0 bridgehead atoms. The largest absolute Gasteiger partial charge is 0.468 e.